The van der Waals surface area contributed by atoms with Crippen molar-refractivity contribution >= 4 is 11.8 Å². The van der Waals surface area contributed by atoms with Gasteiger partial charge < -0.3 is 10.2 Å². The summed E-state index contributed by atoms with van der Waals surface area (Å²) in [5.74, 6) is 1.34. The number of likely N-dealkylation sites (tertiary alicyclic amines) is 1. The summed E-state index contributed by atoms with van der Waals surface area (Å²) < 4.78 is 0. The average Bonchev–Trinajstić information content (AvgIpc) is 2.36. The summed E-state index contributed by atoms with van der Waals surface area (Å²) in [5.41, 5.74) is 0. The Morgan fingerprint density at radius 1 is 1.32 bits per heavy atom. The predicted octanol–water partition coefficient (Wildman–Crippen LogP) is 0.311. The van der Waals surface area contributed by atoms with Crippen LogP contribution < -0.4 is 5.32 Å². The van der Waals surface area contributed by atoms with Gasteiger partial charge >= 0.3 is 0 Å². The van der Waals surface area contributed by atoms with Crippen molar-refractivity contribution in [3.05, 3.63) is 0 Å². The highest BCUT2D eigenvalue weighted by molar-refractivity contribution is 5.84. The van der Waals surface area contributed by atoms with E-state index in [1.165, 1.54) is 6.42 Å². The van der Waals surface area contributed by atoms with Crippen molar-refractivity contribution in [1.82, 2.24) is 15.1 Å². The summed E-state index contributed by atoms with van der Waals surface area (Å²) in [5, 5.41) is 2.79. The van der Waals surface area contributed by atoms with Crippen LogP contribution >= 0.6 is 0 Å². The Balaban J connectivity index is 1.96. The van der Waals surface area contributed by atoms with Crippen LogP contribution in [0, 0.1) is 11.8 Å². The maximum atomic E-state index is 12.5. The molecule has 19 heavy (non-hydrogen) atoms. The zero-order chi connectivity index (χ0) is 14.0. The van der Waals surface area contributed by atoms with Gasteiger partial charge in [-0.15, -0.1) is 0 Å². The van der Waals surface area contributed by atoms with Crippen LogP contribution in [-0.2, 0) is 9.59 Å². The molecule has 0 saturated carbocycles. The van der Waals surface area contributed by atoms with E-state index in [1.807, 2.05) is 16.7 Å². The molecule has 3 atom stereocenters. The van der Waals surface area contributed by atoms with Gasteiger partial charge in [-0.05, 0) is 25.2 Å². The molecule has 0 aromatic carbocycles. The summed E-state index contributed by atoms with van der Waals surface area (Å²) in [6, 6.07) is -0.191. The monoisotopic (exact) mass is 267 g/mol. The van der Waals surface area contributed by atoms with Gasteiger partial charge in [-0.2, -0.15) is 0 Å². The number of nitrogens with one attached hydrogen (secondary N) is 1. The number of rotatable bonds is 2. The minimum absolute atomic E-state index is 0.0197. The first-order valence-electron chi connectivity index (χ1n) is 7.27. The zero-order valence-corrected chi connectivity index (χ0v) is 12.2. The van der Waals surface area contributed by atoms with E-state index in [0.717, 1.165) is 19.6 Å². The first-order chi connectivity index (χ1) is 8.97. The summed E-state index contributed by atoms with van der Waals surface area (Å²) in [7, 11) is 0. The number of carbonyl (C=O) groups is 2. The molecule has 108 valence electrons. The molecular formula is C14H25N3O2. The molecule has 5 heteroatoms. The van der Waals surface area contributed by atoms with E-state index < -0.39 is 0 Å². The van der Waals surface area contributed by atoms with Crippen molar-refractivity contribution in [3.8, 4) is 0 Å². The van der Waals surface area contributed by atoms with E-state index >= 15 is 0 Å². The van der Waals surface area contributed by atoms with Crippen molar-refractivity contribution in [2.24, 2.45) is 11.8 Å². The second kappa shape index (κ2) is 5.90. The molecule has 2 rings (SSSR count). The second-order valence-corrected chi connectivity index (χ2v) is 6.19. The molecule has 3 unspecified atom stereocenters. The molecule has 1 N–H and O–H groups in total. The SMILES string of the molecule is CC1CC(C)CN(C(=O)C(C)N2CCNC(=O)C2)C1. The van der Waals surface area contributed by atoms with Gasteiger partial charge in [0, 0.05) is 26.2 Å². The van der Waals surface area contributed by atoms with Crippen LogP contribution in [0.4, 0.5) is 0 Å². The topological polar surface area (TPSA) is 52.7 Å². The maximum absolute atomic E-state index is 12.5. The molecule has 2 aliphatic rings. The summed E-state index contributed by atoms with van der Waals surface area (Å²) in [6.07, 6.45) is 1.20. The van der Waals surface area contributed by atoms with E-state index in [2.05, 4.69) is 19.2 Å². The minimum atomic E-state index is -0.191. The van der Waals surface area contributed by atoms with Crippen LogP contribution in [0.5, 0.6) is 0 Å². The lowest BCUT2D eigenvalue weighted by atomic mass is 9.91. The number of piperazine rings is 1. The van der Waals surface area contributed by atoms with Crippen LogP contribution in [-0.4, -0.2) is 60.4 Å². The molecule has 2 fully saturated rings. The van der Waals surface area contributed by atoms with Gasteiger partial charge in [-0.1, -0.05) is 13.8 Å². The van der Waals surface area contributed by atoms with E-state index in [0.29, 0.717) is 24.9 Å². The van der Waals surface area contributed by atoms with Crippen molar-refractivity contribution in [3.63, 3.8) is 0 Å². The Kier molecular flexibility index (Phi) is 4.45. The van der Waals surface area contributed by atoms with Gasteiger partial charge in [0.05, 0.1) is 12.6 Å². The van der Waals surface area contributed by atoms with Gasteiger partial charge in [-0.3, -0.25) is 14.5 Å². The summed E-state index contributed by atoms with van der Waals surface area (Å²) in [6.45, 7) is 9.78. The molecule has 0 bridgehead atoms. The quantitative estimate of drug-likeness (QED) is 0.783. The third kappa shape index (κ3) is 3.47. The third-order valence-corrected chi connectivity index (χ3v) is 4.15. The zero-order valence-electron chi connectivity index (χ0n) is 12.2. The highest BCUT2D eigenvalue weighted by Gasteiger charge is 2.32. The average molecular weight is 267 g/mol. The fraction of sp³-hybridized carbons (Fsp3) is 0.857. The number of hydrogen-bond acceptors (Lipinski definition) is 3. The fourth-order valence-corrected chi connectivity index (χ4v) is 3.25. The highest BCUT2D eigenvalue weighted by atomic mass is 16.2. The van der Waals surface area contributed by atoms with Crippen LogP contribution in [0.25, 0.3) is 0 Å². The number of piperidine rings is 1. The van der Waals surface area contributed by atoms with Gasteiger partial charge in [0.15, 0.2) is 0 Å². The Labute approximate surface area is 115 Å². The fourth-order valence-electron chi connectivity index (χ4n) is 3.25. The maximum Gasteiger partial charge on any atom is 0.239 e. The van der Waals surface area contributed by atoms with Crippen LogP contribution in [0.15, 0.2) is 0 Å². The van der Waals surface area contributed by atoms with Crippen LogP contribution in [0.3, 0.4) is 0 Å². The van der Waals surface area contributed by atoms with Crippen LogP contribution in [0.1, 0.15) is 27.2 Å². The Hall–Kier alpha value is -1.10. The molecule has 5 nitrogen and oxygen atoms in total. The standard InChI is InChI=1S/C14H25N3O2/c1-10-6-11(2)8-17(7-10)14(19)12(3)16-5-4-15-13(18)9-16/h10-12H,4-9H2,1-3H3,(H,15,18). The number of carbonyl (C=O) groups excluding carboxylic acids is 2. The lowest BCUT2D eigenvalue weighted by Gasteiger charge is -2.39. The van der Waals surface area contributed by atoms with E-state index in [9.17, 15) is 9.59 Å². The van der Waals surface area contributed by atoms with Gasteiger partial charge in [-0.25, -0.2) is 0 Å². The summed E-state index contributed by atoms with van der Waals surface area (Å²) >= 11 is 0. The molecule has 0 aromatic heterocycles. The second-order valence-electron chi connectivity index (χ2n) is 6.19. The highest BCUT2D eigenvalue weighted by Crippen LogP contribution is 2.22. The predicted molar refractivity (Wildman–Crippen MR) is 73.6 cm³/mol. The van der Waals surface area contributed by atoms with Gasteiger partial charge in [0.1, 0.15) is 0 Å². The lowest BCUT2D eigenvalue weighted by molar-refractivity contribution is -0.140. The smallest absolute Gasteiger partial charge is 0.239 e. The van der Waals surface area contributed by atoms with Crippen molar-refractivity contribution in [1.29, 1.82) is 0 Å². The molecule has 2 aliphatic heterocycles. The van der Waals surface area contributed by atoms with E-state index in [-0.39, 0.29) is 17.9 Å². The molecule has 2 amide bonds. The molecule has 2 saturated heterocycles. The summed E-state index contributed by atoms with van der Waals surface area (Å²) in [4.78, 5) is 27.9. The molecule has 2 heterocycles. The van der Waals surface area contributed by atoms with Gasteiger partial charge in [0.25, 0.3) is 0 Å². The van der Waals surface area contributed by atoms with E-state index in [1.54, 1.807) is 0 Å². The van der Waals surface area contributed by atoms with Crippen molar-refractivity contribution in [2.75, 3.05) is 32.7 Å². The third-order valence-electron chi connectivity index (χ3n) is 4.15. The Morgan fingerprint density at radius 3 is 2.53 bits per heavy atom. The van der Waals surface area contributed by atoms with Crippen LogP contribution in [0.2, 0.25) is 0 Å². The first kappa shape index (κ1) is 14.3. The first-order valence-corrected chi connectivity index (χ1v) is 7.27. The largest absolute Gasteiger partial charge is 0.354 e. The minimum Gasteiger partial charge on any atom is -0.354 e. The number of nitrogens with zero attached hydrogens (tertiary/aromatic N) is 2. The van der Waals surface area contributed by atoms with Crippen molar-refractivity contribution in [2.45, 2.75) is 33.2 Å². The normalized spacial score (nSPS) is 30.9. The Morgan fingerprint density at radius 2 is 1.95 bits per heavy atom. The molecule has 0 spiro atoms. The molecule has 0 radical (unpaired) electrons. The molecule has 0 aromatic rings. The van der Waals surface area contributed by atoms with E-state index in [4.69, 9.17) is 0 Å². The van der Waals surface area contributed by atoms with Gasteiger partial charge in [0.2, 0.25) is 11.8 Å². The molecule has 0 aliphatic carbocycles. The number of amides is 2. The number of hydrogen-bond donors (Lipinski definition) is 1. The molecular weight excluding hydrogens is 242 g/mol. The van der Waals surface area contributed by atoms with Crippen molar-refractivity contribution < 1.29 is 9.59 Å². The Bertz CT molecular complexity index is 349. The lowest BCUT2D eigenvalue weighted by Crippen LogP contribution is -2.57.